The van der Waals surface area contributed by atoms with Crippen LogP contribution >= 0.6 is 0 Å². The van der Waals surface area contributed by atoms with E-state index in [9.17, 15) is 4.79 Å². The van der Waals surface area contributed by atoms with Gasteiger partial charge in [-0.05, 0) is 49.5 Å². The van der Waals surface area contributed by atoms with Gasteiger partial charge in [0.25, 0.3) is 5.56 Å². The maximum absolute atomic E-state index is 13.2. The van der Waals surface area contributed by atoms with Crippen molar-refractivity contribution in [3.63, 3.8) is 0 Å². The highest BCUT2D eigenvalue weighted by Crippen LogP contribution is 2.24. The van der Waals surface area contributed by atoms with Gasteiger partial charge in [-0.25, -0.2) is 4.98 Å². The number of nitrogens with one attached hydrogen (secondary N) is 1. The van der Waals surface area contributed by atoms with E-state index in [-0.39, 0.29) is 5.56 Å². The molecule has 5 heteroatoms. The van der Waals surface area contributed by atoms with E-state index < -0.39 is 0 Å². The third kappa shape index (κ3) is 3.17. The minimum Gasteiger partial charge on any atom is -0.384 e. The summed E-state index contributed by atoms with van der Waals surface area (Å²) in [6.07, 6.45) is 4.36. The van der Waals surface area contributed by atoms with Crippen molar-refractivity contribution in [1.82, 2.24) is 19.6 Å². The van der Waals surface area contributed by atoms with Gasteiger partial charge in [0.2, 0.25) is 0 Å². The fraction of sp³-hybridized carbons (Fsp3) is 0.250. The molecule has 146 valence electrons. The molecule has 2 aromatic heterocycles. The number of aromatic nitrogens is 2. The Bertz CT molecular complexity index is 1280. The van der Waals surface area contributed by atoms with Gasteiger partial charge < -0.3 is 10.2 Å². The van der Waals surface area contributed by atoms with Gasteiger partial charge in [-0.3, -0.25) is 9.20 Å². The third-order valence-electron chi connectivity index (χ3n) is 5.82. The Kier molecular flexibility index (Phi) is 4.52. The molecule has 1 aliphatic rings. The standard InChI is InChI=1S/C24H24N4O/c1-17(25-12-16-27-13-4-5-14-27)19-9-6-15-28-23(19)26-22-20-8-3-2-7-18(20)10-11-21(22)24(28)29/h2-3,6-11,15,25H,1,4-5,12-14,16H2. The van der Waals surface area contributed by atoms with Crippen molar-refractivity contribution >= 4 is 33.0 Å². The Balaban J connectivity index is 1.57. The number of rotatable bonds is 5. The zero-order valence-electron chi connectivity index (χ0n) is 16.4. The Hall–Kier alpha value is -3.18. The smallest absolute Gasteiger partial charge is 0.265 e. The SMILES string of the molecule is C=C(NCCN1CCCC1)c1cccn2c(=O)c3ccc4ccccc4c3nc12. The first-order valence-corrected chi connectivity index (χ1v) is 10.2. The molecule has 4 aromatic rings. The van der Waals surface area contributed by atoms with Crippen molar-refractivity contribution < 1.29 is 0 Å². The van der Waals surface area contributed by atoms with E-state index >= 15 is 0 Å². The molecule has 0 saturated carbocycles. The summed E-state index contributed by atoms with van der Waals surface area (Å²) in [6.45, 7) is 8.42. The van der Waals surface area contributed by atoms with Crippen molar-refractivity contribution in [3.8, 4) is 0 Å². The van der Waals surface area contributed by atoms with E-state index in [2.05, 4.69) is 16.8 Å². The molecule has 0 bridgehead atoms. The molecular formula is C24H24N4O. The highest BCUT2D eigenvalue weighted by atomic mass is 16.1. The van der Waals surface area contributed by atoms with Gasteiger partial charge in [-0.2, -0.15) is 0 Å². The zero-order chi connectivity index (χ0) is 19.8. The summed E-state index contributed by atoms with van der Waals surface area (Å²) in [7, 11) is 0. The largest absolute Gasteiger partial charge is 0.384 e. The number of benzene rings is 2. The van der Waals surface area contributed by atoms with Gasteiger partial charge in [0, 0.05) is 35.9 Å². The number of nitrogens with zero attached hydrogens (tertiary/aromatic N) is 3. The fourth-order valence-electron chi connectivity index (χ4n) is 4.26. The molecule has 0 spiro atoms. The molecule has 1 fully saturated rings. The Morgan fingerprint density at radius 1 is 1.03 bits per heavy atom. The first-order chi connectivity index (χ1) is 14.2. The molecule has 5 rings (SSSR count). The van der Waals surface area contributed by atoms with Crippen molar-refractivity contribution in [2.24, 2.45) is 0 Å². The first-order valence-electron chi connectivity index (χ1n) is 10.2. The number of likely N-dealkylation sites (tertiary alicyclic amines) is 1. The second-order valence-electron chi connectivity index (χ2n) is 7.67. The van der Waals surface area contributed by atoms with Crippen LogP contribution in [0.2, 0.25) is 0 Å². The summed E-state index contributed by atoms with van der Waals surface area (Å²) in [5, 5.41) is 6.13. The van der Waals surface area contributed by atoms with E-state index in [1.807, 2.05) is 48.5 Å². The Labute approximate surface area is 169 Å². The second-order valence-corrected chi connectivity index (χ2v) is 7.67. The summed E-state index contributed by atoms with van der Waals surface area (Å²) < 4.78 is 1.62. The topological polar surface area (TPSA) is 49.6 Å². The lowest BCUT2D eigenvalue weighted by molar-refractivity contribution is 0.343. The Morgan fingerprint density at radius 2 is 1.86 bits per heavy atom. The van der Waals surface area contributed by atoms with Gasteiger partial charge in [0.05, 0.1) is 10.9 Å². The lowest BCUT2D eigenvalue weighted by atomic mass is 10.1. The Morgan fingerprint density at radius 3 is 2.72 bits per heavy atom. The van der Waals surface area contributed by atoms with E-state index in [1.165, 1.54) is 25.9 Å². The summed E-state index contributed by atoms with van der Waals surface area (Å²) in [4.78, 5) is 20.5. The number of pyridine rings is 1. The second kappa shape index (κ2) is 7.33. The molecule has 0 radical (unpaired) electrons. The summed E-state index contributed by atoms with van der Waals surface area (Å²) in [5.41, 5.74) is 2.99. The summed E-state index contributed by atoms with van der Waals surface area (Å²) in [5.74, 6) is 0. The van der Waals surface area contributed by atoms with E-state index in [0.717, 1.165) is 40.6 Å². The van der Waals surface area contributed by atoms with Crippen LogP contribution in [0.4, 0.5) is 0 Å². The molecule has 29 heavy (non-hydrogen) atoms. The van der Waals surface area contributed by atoms with Gasteiger partial charge in [0.1, 0.15) is 5.65 Å². The van der Waals surface area contributed by atoms with Crippen LogP contribution < -0.4 is 10.9 Å². The van der Waals surface area contributed by atoms with Crippen LogP contribution in [-0.2, 0) is 0 Å². The third-order valence-corrected chi connectivity index (χ3v) is 5.82. The van der Waals surface area contributed by atoms with Crippen LogP contribution in [0, 0.1) is 0 Å². The number of hydrogen-bond acceptors (Lipinski definition) is 4. The molecule has 5 nitrogen and oxygen atoms in total. The van der Waals surface area contributed by atoms with Gasteiger partial charge in [-0.1, -0.05) is 36.9 Å². The minimum atomic E-state index is -0.0533. The molecule has 0 amide bonds. The maximum atomic E-state index is 13.2. The van der Waals surface area contributed by atoms with Crippen LogP contribution in [0.3, 0.4) is 0 Å². The summed E-state index contributed by atoms with van der Waals surface area (Å²) >= 11 is 0. The highest BCUT2D eigenvalue weighted by molar-refractivity contribution is 6.05. The van der Waals surface area contributed by atoms with E-state index in [4.69, 9.17) is 4.98 Å². The molecule has 0 unspecified atom stereocenters. The van der Waals surface area contributed by atoms with E-state index in [0.29, 0.717) is 11.0 Å². The van der Waals surface area contributed by atoms with Gasteiger partial charge in [0.15, 0.2) is 0 Å². The number of fused-ring (bicyclic) bond motifs is 4. The van der Waals surface area contributed by atoms with Crippen molar-refractivity contribution in [3.05, 3.63) is 77.2 Å². The molecule has 0 aliphatic carbocycles. The molecule has 3 heterocycles. The van der Waals surface area contributed by atoms with Crippen LogP contribution in [0.1, 0.15) is 18.4 Å². The summed E-state index contributed by atoms with van der Waals surface area (Å²) in [6, 6.07) is 15.8. The molecule has 1 N–H and O–H groups in total. The van der Waals surface area contributed by atoms with Gasteiger partial charge in [-0.15, -0.1) is 0 Å². The predicted octanol–water partition coefficient (Wildman–Crippen LogP) is 3.66. The lowest BCUT2D eigenvalue weighted by Crippen LogP contribution is -2.29. The molecule has 2 aromatic carbocycles. The highest BCUT2D eigenvalue weighted by Gasteiger charge is 2.14. The first kappa shape index (κ1) is 17.9. The minimum absolute atomic E-state index is 0.0533. The average Bonchev–Trinajstić information content (AvgIpc) is 3.27. The lowest BCUT2D eigenvalue weighted by Gasteiger charge is -2.17. The monoisotopic (exact) mass is 384 g/mol. The fourth-order valence-corrected chi connectivity index (χ4v) is 4.26. The molecule has 1 aliphatic heterocycles. The molecule has 1 saturated heterocycles. The van der Waals surface area contributed by atoms with Crippen molar-refractivity contribution in [2.75, 3.05) is 26.2 Å². The van der Waals surface area contributed by atoms with Crippen molar-refractivity contribution in [1.29, 1.82) is 0 Å². The van der Waals surface area contributed by atoms with Crippen LogP contribution in [0.25, 0.3) is 33.0 Å². The van der Waals surface area contributed by atoms with Crippen LogP contribution in [0.5, 0.6) is 0 Å². The zero-order valence-corrected chi connectivity index (χ0v) is 16.4. The van der Waals surface area contributed by atoms with Gasteiger partial charge >= 0.3 is 0 Å². The molecular weight excluding hydrogens is 360 g/mol. The predicted molar refractivity (Wildman–Crippen MR) is 119 cm³/mol. The number of hydrogen-bond donors (Lipinski definition) is 1. The normalized spacial score (nSPS) is 14.8. The maximum Gasteiger partial charge on any atom is 0.265 e. The van der Waals surface area contributed by atoms with Crippen LogP contribution in [-0.4, -0.2) is 40.5 Å². The van der Waals surface area contributed by atoms with Crippen molar-refractivity contribution in [2.45, 2.75) is 12.8 Å². The quantitative estimate of drug-likeness (QED) is 0.421. The molecule has 0 atom stereocenters. The van der Waals surface area contributed by atoms with Crippen LogP contribution in [0.15, 0.2) is 66.1 Å². The average molecular weight is 384 g/mol. The van der Waals surface area contributed by atoms with E-state index in [1.54, 1.807) is 10.6 Å².